The number of benzene rings is 5. The third kappa shape index (κ3) is 14.0. The van der Waals surface area contributed by atoms with Crippen LogP contribution in [0, 0.1) is 0 Å². The molecule has 1 saturated heterocycles. The van der Waals surface area contributed by atoms with Crippen molar-refractivity contribution < 1.29 is 37.3 Å². The Hall–Kier alpha value is -4.64. The van der Waals surface area contributed by atoms with Crippen molar-refractivity contribution in [2.24, 2.45) is 5.11 Å². The first-order valence-electron chi connectivity index (χ1n) is 19.8. The molecule has 5 aromatic rings. The Morgan fingerprint density at radius 3 is 1.40 bits per heavy atom. The Bertz CT molecular complexity index is 1930. The zero-order valence-corrected chi connectivity index (χ0v) is 33.5. The normalized spacial score (nSPS) is 19.3. The molecule has 12 heteroatoms. The summed E-state index contributed by atoms with van der Waals surface area (Å²) in [6, 6.07) is 49.0. The van der Waals surface area contributed by atoms with Gasteiger partial charge in [-0.15, -0.1) is 0 Å². The van der Waals surface area contributed by atoms with Crippen molar-refractivity contribution in [3.63, 3.8) is 0 Å². The maximum Gasteiger partial charge on any atom is 0.331 e. The summed E-state index contributed by atoms with van der Waals surface area (Å²) in [7, 11) is -3.72. The molecule has 5 atom stereocenters. The van der Waals surface area contributed by atoms with Crippen molar-refractivity contribution in [3.05, 3.63) is 190 Å². The molecule has 0 aromatic heterocycles. The van der Waals surface area contributed by atoms with Gasteiger partial charge in [-0.25, -0.2) is 0 Å². The Kier molecular flexibility index (Phi) is 17.5. The monoisotopic (exact) mass is 805 g/mol. The predicted molar refractivity (Wildman–Crippen MR) is 222 cm³/mol. The quantitative estimate of drug-likeness (QED) is 0.0198. The predicted octanol–water partition coefficient (Wildman–Crippen LogP) is 10.6. The van der Waals surface area contributed by atoms with Gasteiger partial charge in [0.15, 0.2) is 6.29 Å². The second-order valence-corrected chi connectivity index (χ2v) is 16.2. The topological polar surface area (TPSA) is 130 Å². The average molecular weight is 806 g/mol. The molecule has 304 valence electrons. The maximum atomic E-state index is 14.7. The highest BCUT2D eigenvalue weighted by molar-refractivity contribution is 7.53. The number of rotatable bonds is 24. The van der Waals surface area contributed by atoms with Gasteiger partial charge in [0.1, 0.15) is 18.3 Å². The second kappa shape index (κ2) is 23.7. The van der Waals surface area contributed by atoms with Gasteiger partial charge in [-0.2, -0.15) is 0 Å². The minimum Gasteiger partial charge on any atom is -0.368 e. The number of azide groups is 1. The van der Waals surface area contributed by atoms with Crippen LogP contribution in [0.4, 0.5) is 0 Å². The van der Waals surface area contributed by atoms with E-state index >= 15 is 0 Å². The highest BCUT2D eigenvalue weighted by atomic mass is 31.2. The third-order valence-corrected chi connectivity index (χ3v) is 11.5. The van der Waals surface area contributed by atoms with Crippen molar-refractivity contribution in [3.8, 4) is 0 Å². The molecular formula is C46H52N3O8P. The lowest BCUT2D eigenvalue weighted by Gasteiger charge is -2.46. The van der Waals surface area contributed by atoms with E-state index in [-0.39, 0.29) is 45.6 Å². The first kappa shape index (κ1) is 43.0. The summed E-state index contributed by atoms with van der Waals surface area (Å²) < 4.78 is 60.8. The molecule has 11 nitrogen and oxygen atoms in total. The molecule has 0 amide bonds. The van der Waals surface area contributed by atoms with Crippen molar-refractivity contribution in [1.29, 1.82) is 0 Å². The van der Waals surface area contributed by atoms with Gasteiger partial charge in [-0.05, 0) is 52.6 Å². The van der Waals surface area contributed by atoms with Crippen LogP contribution in [0.3, 0.4) is 0 Å². The first-order valence-corrected chi connectivity index (χ1v) is 21.5. The largest absolute Gasteiger partial charge is 0.368 e. The van der Waals surface area contributed by atoms with E-state index in [0.29, 0.717) is 26.0 Å². The first-order chi connectivity index (χ1) is 28.6. The number of ether oxygens (including phenoxy) is 5. The van der Waals surface area contributed by atoms with Crippen LogP contribution >= 0.6 is 7.60 Å². The van der Waals surface area contributed by atoms with Gasteiger partial charge >= 0.3 is 7.60 Å². The van der Waals surface area contributed by atoms with Crippen LogP contribution in [0.2, 0.25) is 0 Å². The van der Waals surface area contributed by atoms with E-state index in [1.54, 1.807) is 0 Å². The van der Waals surface area contributed by atoms with Gasteiger partial charge < -0.3 is 32.7 Å². The minimum atomic E-state index is -3.72. The Labute approximate surface area is 341 Å². The van der Waals surface area contributed by atoms with Gasteiger partial charge in [-0.1, -0.05) is 157 Å². The molecule has 0 bridgehead atoms. The van der Waals surface area contributed by atoms with Gasteiger partial charge in [0.2, 0.25) is 0 Å². The SMILES string of the molecule is [N-]=[N+]=NCCCCO[C@H]1O[C@H](CCP(=O)(OCc2ccccc2)OCc2ccccc2)[C@@H](OCc2ccccc2)[C@H](OCc2ccccc2)[C@@H]1OCc1ccccc1. The van der Waals surface area contributed by atoms with Crippen LogP contribution < -0.4 is 0 Å². The molecule has 5 aromatic carbocycles. The lowest BCUT2D eigenvalue weighted by molar-refractivity contribution is -0.323. The van der Waals surface area contributed by atoms with Crippen LogP contribution in [0.15, 0.2) is 157 Å². The molecule has 0 N–H and O–H groups in total. The summed E-state index contributed by atoms with van der Waals surface area (Å²) in [4.78, 5) is 2.87. The van der Waals surface area contributed by atoms with E-state index in [1.807, 2.05) is 152 Å². The molecule has 0 radical (unpaired) electrons. The van der Waals surface area contributed by atoms with Crippen molar-refractivity contribution in [1.82, 2.24) is 0 Å². The lowest BCUT2D eigenvalue weighted by atomic mass is 9.96. The van der Waals surface area contributed by atoms with Gasteiger partial charge in [0.05, 0.1) is 45.3 Å². The maximum absolute atomic E-state index is 14.7. The molecule has 0 aliphatic carbocycles. The fourth-order valence-corrected chi connectivity index (χ4v) is 8.18. The summed E-state index contributed by atoms with van der Waals surface area (Å²) in [6.45, 7) is 1.76. The van der Waals surface area contributed by atoms with E-state index in [0.717, 1.165) is 27.8 Å². The molecule has 1 aliphatic rings. The molecule has 6 rings (SSSR count). The van der Waals surface area contributed by atoms with Crippen LogP contribution in [0.1, 0.15) is 47.1 Å². The Balaban J connectivity index is 1.30. The third-order valence-electron chi connectivity index (χ3n) is 9.67. The number of hydrogen-bond donors (Lipinski definition) is 0. The standard InChI is InChI=1S/C46H52N3O8P/c47-49-48-29-16-17-30-51-46-45(54-34-39-22-10-3-11-23-39)44(53-33-38-20-8-2-9-21-38)43(52-32-37-18-6-1-7-19-37)42(57-46)28-31-58(50,55-35-40-24-12-4-13-25-40)56-36-41-26-14-5-15-27-41/h1-15,18-27,42-46H,16-17,28-36H2/t42-,43-,44+,45+,46+/m1/s1. The molecule has 0 saturated carbocycles. The van der Waals surface area contributed by atoms with Crippen LogP contribution in [0.5, 0.6) is 0 Å². The smallest absolute Gasteiger partial charge is 0.331 e. The molecule has 1 heterocycles. The van der Waals surface area contributed by atoms with E-state index < -0.39 is 38.3 Å². The average Bonchev–Trinajstić information content (AvgIpc) is 3.28. The van der Waals surface area contributed by atoms with Gasteiger partial charge in [-0.3, -0.25) is 4.57 Å². The number of nitrogens with zero attached hydrogens (tertiary/aromatic N) is 3. The zero-order chi connectivity index (χ0) is 40.1. The van der Waals surface area contributed by atoms with Crippen molar-refractivity contribution >= 4 is 7.60 Å². The summed E-state index contributed by atoms with van der Waals surface area (Å²) in [6.07, 6.45) is -2.03. The lowest BCUT2D eigenvalue weighted by Crippen LogP contribution is -2.61. The summed E-state index contributed by atoms with van der Waals surface area (Å²) in [5, 5.41) is 3.67. The van der Waals surface area contributed by atoms with E-state index in [1.165, 1.54) is 0 Å². The van der Waals surface area contributed by atoms with E-state index in [9.17, 15) is 4.57 Å². The number of unbranched alkanes of at least 4 members (excludes halogenated alkanes) is 1. The Morgan fingerprint density at radius 2 is 0.948 bits per heavy atom. The molecular weight excluding hydrogens is 753 g/mol. The molecule has 58 heavy (non-hydrogen) atoms. The molecule has 0 unspecified atom stereocenters. The van der Waals surface area contributed by atoms with E-state index in [4.69, 9.17) is 38.3 Å². The van der Waals surface area contributed by atoms with Crippen molar-refractivity contribution in [2.45, 2.75) is 83.0 Å². The van der Waals surface area contributed by atoms with E-state index in [2.05, 4.69) is 10.0 Å². The highest BCUT2D eigenvalue weighted by Gasteiger charge is 2.49. The molecule has 0 spiro atoms. The zero-order valence-electron chi connectivity index (χ0n) is 32.7. The molecule has 1 aliphatic heterocycles. The summed E-state index contributed by atoms with van der Waals surface area (Å²) >= 11 is 0. The summed E-state index contributed by atoms with van der Waals surface area (Å²) in [5.74, 6) is 0. The fourth-order valence-electron chi connectivity index (χ4n) is 6.59. The fraction of sp³-hybridized carbons (Fsp3) is 0.348. The van der Waals surface area contributed by atoms with Crippen LogP contribution in [-0.2, 0) is 70.3 Å². The number of hydrogen-bond acceptors (Lipinski definition) is 9. The van der Waals surface area contributed by atoms with Gasteiger partial charge in [0, 0.05) is 18.1 Å². The second-order valence-electron chi connectivity index (χ2n) is 14.0. The highest BCUT2D eigenvalue weighted by Crippen LogP contribution is 2.51. The van der Waals surface area contributed by atoms with Crippen LogP contribution in [-0.4, -0.2) is 50.0 Å². The van der Waals surface area contributed by atoms with Crippen LogP contribution in [0.25, 0.3) is 10.4 Å². The molecule has 1 fully saturated rings. The Morgan fingerprint density at radius 1 is 0.534 bits per heavy atom. The van der Waals surface area contributed by atoms with Crippen molar-refractivity contribution in [2.75, 3.05) is 19.3 Å². The summed E-state index contributed by atoms with van der Waals surface area (Å²) in [5.41, 5.74) is 13.5. The van der Waals surface area contributed by atoms with Gasteiger partial charge in [0.25, 0.3) is 0 Å². The minimum absolute atomic E-state index is 0.0440.